The summed E-state index contributed by atoms with van der Waals surface area (Å²) in [5.74, 6) is 0. The van der Waals surface area contributed by atoms with Gasteiger partial charge in [0.2, 0.25) is 0 Å². The zero-order valence-corrected chi connectivity index (χ0v) is 20.3. The number of halogens is 1. The Bertz CT molecular complexity index is 557. The van der Waals surface area contributed by atoms with Crippen molar-refractivity contribution in [1.29, 1.82) is 0 Å². The Labute approximate surface area is 171 Å². The molecular weight excluding hydrogens is 402 g/mol. The van der Waals surface area contributed by atoms with Crippen LogP contribution in [0.25, 0.3) is 5.57 Å². The van der Waals surface area contributed by atoms with E-state index in [-0.39, 0.29) is 5.60 Å². The minimum Gasteiger partial charge on any atom is -0.411 e. The van der Waals surface area contributed by atoms with Gasteiger partial charge < -0.3 is 4.43 Å². The molecule has 1 rings (SSSR count). The number of hydrogen-bond donors (Lipinski definition) is 0. The third-order valence-electron chi connectivity index (χ3n) is 6.07. The molecule has 0 amide bonds. The van der Waals surface area contributed by atoms with Crippen molar-refractivity contribution in [2.45, 2.75) is 97.4 Å². The predicted molar refractivity (Wildman–Crippen MR) is 121 cm³/mol. The van der Waals surface area contributed by atoms with Gasteiger partial charge >= 0.3 is 0 Å². The first-order valence-corrected chi connectivity index (χ1v) is 13.8. The van der Waals surface area contributed by atoms with Gasteiger partial charge in [-0.15, -0.1) is 0 Å². The molecule has 0 aliphatic rings. The molecule has 0 unspecified atom stereocenters. The van der Waals surface area contributed by atoms with Crippen LogP contribution in [0.2, 0.25) is 18.1 Å². The van der Waals surface area contributed by atoms with Crippen molar-refractivity contribution in [3.8, 4) is 0 Å². The lowest BCUT2D eigenvalue weighted by atomic mass is 9.91. The van der Waals surface area contributed by atoms with E-state index in [0.717, 1.165) is 42.4 Å². The second-order valence-electron chi connectivity index (χ2n) is 7.20. The Kier molecular flexibility index (Phi) is 10.3. The number of aromatic nitrogens is 1. The largest absolute Gasteiger partial charge is 0.411 e. The second-order valence-corrected chi connectivity index (χ2v) is 12.7. The van der Waals surface area contributed by atoms with E-state index in [1.165, 1.54) is 23.7 Å². The summed E-state index contributed by atoms with van der Waals surface area (Å²) in [7, 11) is -1.59. The predicted octanol–water partition coefficient (Wildman–Crippen LogP) is 8.00. The summed E-state index contributed by atoms with van der Waals surface area (Å²) in [6.07, 6.45) is 7.75. The Morgan fingerprint density at radius 3 is 2.15 bits per heavy atom. The summed E-state index contributed by atoms with van der Waals surface area (Å²) >= 11 is 3.48. The third kappa shape index (κ3) is 6.31. The van der Waals surface area contributed by atoms with Gasteiger partial charge in [-0.3, -0.25) is 0 Å². The van der Waals surface area contributed by atoms with E-state index < -0.39 is 8.32 Å². The summed E-state index contributed by atoms with van der Waals surface area (Å²) in [4.78, 5) is 4.62. The average Bonchev–Trinajstić information content (AvgIpc) is 2.68. The number of hydrogen-bond acceptors (Lipinski definition) is 2. The van der Waals surface area contributed by atoms with Crippen LogP contribution in [0.1, 0.15) is 79.3 Å². The maximum atomic E-state index is 7.00. The molecule has 1 aromatic rings. The van der Waals surface area contributed by atoms with Gasteiger partial charge in [-0.25, -0.2) is 4.98 Å². The molecule has 0 aliphatic heterocycles. The van der Waals surface area contributed by atoms with Gasteiger partial charge in [-0.1, -0.05) is 53.7 Å². The molecule has 0 radical (unpaired) electrons. The first-order chi connectivity index (χ1) is 12.4. The summed E-state index contributed by atoms with van der Waals surface area (Å²) < 4.78 is 7.90. The molecule has 0 saturated heterocycles. The third-order valence-corrected chi connectivity index (χ3v) is 11.2. The first kappa shape index (κ1) is 23.6. The van der Waals surface area contributed by atoms with E-state index in [9.17, 15) is 0 Å². The molecule has 4 heteroatoms. The van der Waals surface area contributed by atoms with E-state index in [0.29, 0.717) is 0 Å². The highest BCUT2D eigenvalue weighted by Crippen LogP contribution is 2.35. The molecule has 0 N–H and O–H groups in total. The molecule has 0 bridgehead atoms. The van der Waals surface area contributed by atoms with Crippen molar-refractivity contribution in [3.05, 3.63) is 34.6 Å². The van der Waals surface area contributed by atoms with Crippen LogP contribution in [-0.2, 0) is 4.43 Å². The highest BCUT2D eigenvalue weighted by molar-refractivity contribution is 9.10. The minimum absolute atomic E-state index is 0.0360. The lowest BCUT2D eigenvalue weighted by Gasteiger charge is -2.42. The summed E-state index contributed by atoms with van der Waals surface area (Å²) in [6.45, 7) is 13.8. The lowest BCUT2D eigenvalue weighted by Crippen LogP contribution is -2.46. The van der Waals surface area contributed by atoms with Crippen molar-refractivity contribution in [2.75, 3.05) is 0 Å². The van der Waals surface area contributed by atoms with Gasteiger partial charge in [0.15, 0.2) is 8.32 Å². The van der Waals surface area contributed by atoms with Gasteiger partial charge in [0.1, 0.15) is 4.60 Å². The molecule has 148 valence electrons. The zero-order chi connectivity index (χ0) is 19.6. The van der Waals surface area contributed by atoms with E-state index in [2.05, 4.69) is 80.7 Å². The Balaban J connectivity index is 2.93. The Morgan fingerprint density at radius 1 is 1.08 bits per heavy atom. The van der Waals surface area contributed by atoms with Gasteiger partial charge in [0.25, 0.3) is 0 Å². The van der Waals surface area contributed by atoms with Crippen LogP contribution in [0.3, 0.4) is 0 Å². The van der Waals surface area contributed by atoms with Crippen LogP contribution in [0.5, 0.6) is 0 Å². The van der Waals surface area contributed by atoms with Gasteiger partial charge in [0.05, 0.1) is 11.3 Å². The van der Waals surface area contributed by atoms with Crippen molar-refractivity contribution in [2.24, 2.45) is 0 Å². The van der Waals surface area contributed by atoms with E-state index in [1.54, 1.807) is 0 Å². The topological polar surface area (TPSA) is 22.1 Å². The number of rotatable bonds is 12. The maximum absolute atomic E-state index is 7.00. The fourth-order valence-electron chi connectivity index (χ4n) is 3.75. The highest BCUT2D eigenvalue weighted by atomic mass is 79.9. The molecular formula is C22H38BrNOSi. The molecule has 0 saturated carbocycles. The minimum atomic E-state index is -1.59. The molecule has 0 aliphatic carbocycles. The molecule has 0 fully saturated rings. The fraction of sp³-hybridized carbons (Fsp3) is 0.682. The fourth-order valence-corrected chi connectivity index (χ4v) is 7.34. The Hall–Kier alpha value is -0.453. The maximum Gasteiger partial charge on any atom is 0.192 e. The normalized spacial score (nSPS) is 13.3. The monoisotopic (exact) mass is 439 g/mol. The molecule has 1 aromatic heterocycles. The zero-order valence-electron chi connectivity index (χ0n) is 17.7. The SMILES string of the molecule is CCC(=CCCC(CC)(CC)O[Si](CC)(CC)CC)c1cccc(Br)n1. The summed E-state index contributed by atoms with van der Waals surface area (Å²) in [6, 6.07) is 9.81. The Morgan fingerprint density at radius 2 is 1.69 bits per heavy atom. The number of allylic oxidation sites excluding steroid dienone is 2. The van der Waals surface area contributed by atoms with E-state index in [4.69, 9.17) is 4.43 Å². The summed E-state index contributed by atoms with van der Waals surface area (Å²) in [5, 5.41) is 0. The van der Waals surface area contributed by atoms with E-state index in [1.807, 2.05) is 6.07 Å². The van der Waals surface area contributed by atoms with Crippen LogP contribution in [-0.4, -0.2) is 18.9 Å². The molecule has 26 heavy (non-hydrogen) atoms. The smallest absolute Gasteiger partial charge is 0.192 e. The van der Waals surface area contributed by atoms with Crippen molar-refractivity contribution < 1.29 is 4.43 Å². The quantitative estimate of drug-likeness (QED) is 0.243. The average molecular weight is 441 g/mol. The molecule has 0 spiro atoms. The second kappa shape index (κ2) is 11.4. The molecule has 0 aromatic carbocycles. The summed E-state index contributed by atoms with van der Waals surface area (Å²) in [5.41, 5.74) is 2.45. The highest BCUT2D eigenvalue weighted by Gasteiger charge is 2.38. The van der Waals surface area contributed by atoms with Crippen LogP contribution in [0.4, 0.5) is 0 Å². The van der Waals surface area contributed by atoms with E-state index >= 15 is 0 Å². The standard InChI is InChI=1S/C22H38BrNOSi/c1-7-19(20-16-13-17-21(23)24-20)15-14-18-22(8-2,9-3)25-26(10-4,11-5)12-6/h13,15-17H,7-12,14,18H2,1-6H3. The number of nitrogens with zero attached hydrogens (tertiary/aromatic N) is 1. The van der Waals surface area contributed by atoms with Crippen molar-refractivity contribution in [3.63, 3.8) is 0 Å². The first-order valence-electron chi connectivity index (χ1n) is 10.5. The molecule has 2 nitrogen and oxygen atoms in total. The molecule has 1 heterocycles. The van der Waals surface area contributed by atoms with Crippen LogP contribution in [0.15, 0.2) is 28.9 Å². The van der Waals surface area contributed by atoms with Crippen LogP contribution in [0, 0.1) is 0 Å². The number of pyridine rings is 1. The van der Waals surface area contributed by atoms with Crippen molar-refractivity contribution >= 4 is 29.8 Å². The molecule has 0 atom stereocenters. The van der Waals surface area contributed by atoms with Crippen molar-refractivity contribution in [1.82, 2.24) is 4.98 Å². The van der Waals surface area contributed by atoms with Crippen LogP contribution >= 0.6 is 15.9 Å². The van der Waals surface area contributed by atoms with Crippen LogP contribution < -0.4 is 0 Å². The van der Waals surface area contributed by atoms with Gasteiger partial charge in [-0.2, -0.15) is 0 Å². The van der Waals surface area contributed by atoms with Gasteiger partial charge in [-0.05, 0) is 83.9 Å². The van der Waals surface area contributed by atoms with Gasteiger partial charge in [0, 0.05) is 0 Å². The lowest BCUT2D eigenvalue weighted by molar-refractivity contribution is 0.0397.